The number of aromatic hydroxyl groups is 1. The number of amides is 1. The maximum Gasteiger partial charge on any atom is 0.310 e. The van der Waals surface area contributed by atoms with Gasteiger partial charge in [-0.05, 0) is 25.5 Å². The van der Waals surface area contributed by atoms with E-state index in [0.717, 1.165) is 18.6 Å². The number of nitro groups is 1. The summed E-state index contributed by atoms with van der Waals surface area (Å²) >= 11 is 0. The lowest BCUT2D eigenvalue weighted by atomic mass is 10.1. The van der Waals surface area contributed by atoms with Crippen LogP contribution in [0.25, 0.3) is 0 Å². The SMILES string of the molecule is CCN(C[C@H]1CCOC1)C(=O)c1ccc([N+](=O)[O-])c(O)c1. The van der Waals surface area contributed by atoms with Crippen LogP contribution < -0.4 is 0 Å². The lowest BCUT2D eigenvalue weighted by molar-refractivity contribution is -0.385. The number of benzene rings is 1. The van der Waals surface area contributed by atoms with Gasteiger partial charge in [0.1, 0.15) is 0 Å². The molecule has 7 nitrogen and oxygen atoms in total. The molecule has 7 heteroatoms. The number of nitrogens with zero attached hydrogens (tertiary/aromatic N) is 2. The third kappa shape index (κ3) is 3.49. The molecule has 1 amide bonds. The number of phenols is 1. The molecule has 1 saturated heterocycles. The van der Waals surface area contributed by atoms with Gasteiger partial charge in [-0.25, -0.2) is 0 Å². The van der Waals surface area contributed by atoms with Crippen LogP contribution in [0.5, 0.6) is 5.75 Å². The fourth-order valence-corrected chi connectivity index (χ4v) is 2.39. The first kappa shape index (κ1) is 15.2. The van der Waals surface area contributed by atoms with E-state index in [4.69, 9.17) is 4.74 Å². The second-order valence-electron chi connectivity index (χ2n) is 5.03. The van der Waals surface area contributed by atoms with Gasteiger partial charge in [0.15, 0.2) is 5.75 Å². The molecule has 0 unspecified atom stereocenters. The van der Waals surface area contributed by atoms with E-state index in [1.54, 1.807) is 4.90 Å². The van der Waals surface area contributed by atoms with Crippen molar-refractivity contribution < 1.29 is 19.6 Å². The molecule has 0 aromatic heterocycles. The van der Waals surface area contributed by atoms with E-state index in [1.165, 1.54) is 6.07 Å². The molecule has 2 rings (SSSR count). The average Bonchev–Trinajstić information content (AvgIpc) is 2.96. The van der Waals surface area contributed by atoms with Gasteiger partial charge in [-0.15, -0.1) is 0 Å². The van der Waals surface area contributed by atoms with Gasteiger partial charge in [-0.3, -0.25) is 14.9 Å². The van der Waals surface area contributed by atoms with E-state index in [-0.39, 0.29) is 11.5 Å². The number of phenolic OH excluding ortho intramolecular Hbond substituents is 1. The van der Waals surface area contributed by atoms with Crippen molar-refractivity contribution in [1.82, 2.24) is 4.90 Å². The standard InChI is InChI=1S/C14H18N2O5/c1-2-15(8-10-5-6-21-9-10)14(18)11-3-4-12(16(19)20)13(17)7-11/h3-4,7,10,17H,2,5-6,8-9H2,1H3/t10-/m1/s1. The zero-order valence-electron chi connectivity index (χ0n) is 11.8. The highest BCUT2D eigenvalue weighted by atomic mass is 16.6. The van der Waals surface area contributed by atoms with Crippen LogP contribution in [-0.4, -0.2) is 47.1 Å². The van der Waals surface area contributed by atoms with Crippen molar-refractivity contribution in [2.75, 3.05) is 26.3 Å². The van der Waals surface area contributed by atoms with Crippen LogP contribution in [0.15, 0.2) is 18.2 Å². The summed E-state index contributed by atoms with van der Waals surface area (Å²) in [6.07, 6.45) is 0.926. The first-order chi connectivity index (χ1) is 10.0. The molecule has 21 heavy (non-hydrogen) atoms. The molecule has 1 aromatic carbocycles. The van der Waals surface area contributed by atoms with Gasteiger partial charge in [0.05, 0.1) is 11.5 Å². The van der Waals surface area contributed by atoms with Crippen molar-refractivity contribution in [3.8, 4) is 5.75 Å². The van der Waals surface area contributed by atoms with Crippen LogP contribution in [0.3, 0.4) is 0 Å². The molecule has 0 aliphatic carbocycles. The van der Waals surface area contributed by atoms with Crippen molar-refractivity contribution >= 4 is 11.6 Å². The van der Waals surface area contributed by atoms with Crippen molar-refractivity contribution in [3.05, 3.63) is 33.9 Å². The zero-order chi connectivity index (χ0) is 15.4. The molecule has 1 N–H and O–H groups in total. The number of ether oxygens (including phenoxy) is 1. The quantitative estimate of drug-likeness (QED) is 0.660. The van der Waals surface area contributed by atoms with Crippen molar-refractivity contribution in [2.24, 2.45) is 5.92 Å². The summed E-state index contributed by atoms with van der Waals surface area (Å²) in [4.78, 5) is 24.0. The fourth-order valence-electron chi connectivity index (χ4n) is 2.39. The van der Waals surface area contributed by atoms with Crippen LogP contribution in [0, 0.1) is 16.0 Å². The number of carbonyl (C=O) groups is 1. The molecule has 0 spiro atoms. The molecule has 1 aromatic rings. The number of nitro benzene ring substituents is 1. The summed E-state index contributed by atoms with van der Waals surface area (Å²) in [5, 5.41) is 20.3. The number of carbonyl (C=O) groups excluding carboxylic acids is 1. The minimum Gasteiger partial charge on any atom is -0.502 e. The summed E-state index contributed by atoms with van der Waals surface area (Å²) < 4.78 is 5.30. The molecule has 1 atom stereocenters. The molecule has 1 heterocycles. The van der Waals surface area contributed by atoms with E-state index in [9.17, 15) is 20.0 Å². The Morgan fingerprint density at radius 1 is 1.57 bits per heavy atom. The topological polar surface area (TPSA) is 92.9 Å². The van der Waals surface area contributed by atoms with Crippen LogP contribution in [0.1, 0.15) is 23.7 Å². The van der Waals surface area contributed by atoms with Crippen LogP contribution >= 0.6 is 0 Å². The predicted octanol–water partition coefficient (Wildman–Crippen LogP) is 1.80. The fraction of sp³-hybridized carbons (Fsp3) is 0.500. The summed E-state index contributed by atoms with van der Waals surface area (Å²) in [5.74, 6) is -0.416. The third-order valence-corrected chi connectivity index (χ3v) is 3.59. The first-order valence-corrected chi connectivity index (χ1v) is 6.87. The van der Waals surface area contributed by atoms with Crippen LogP contribution in [0.4, 0.5) is 5.69 Å². The van der Waals surface area contributed by atoms with Crippen molar-refractivity contribution in [1.29, 1.82) is 0 Å². The predicted molar refractivity (Wildman–Crippen MR) is 75.3 cm³/mol. The van der Waals surface area contributed by atoms with E-state index >= 15 is 0 Å². The van der Waals surface area contributed by atoms with Crippen LogP contribution in [0.2, 0.25) is 0 Å². The average molecular weight is 294 g/mol. The van der Waals surface area contributed by atoms with E-state index in [0.29, 0.717) is 32.2 Å². The summed E-state index contributed by atoms with van der Waals surface area (Å²) in [6, 6.07) is 3.66. The van der Waals surface area contributed by atoms with Gasteiger partial charge >= 0.3 is 5.69 Å². The minimum atomic E-state index is -0.683. The Hall–Kier alpha value is -2.15. The summed E-state index contributed by atoms with van der Waals surface area (Å²) in [5.41, 5.74) is -0.155. The molecule has 0 bridgehead atoms. The largest absolute Gasteiger partial charge is 0.502 e. The van der Waals surface area contributed by atoms with E-state index in [2.05, 4.69) is 0 Å². The normalized spacial score (nSPS) is 17.7. The van der Waals surface area contributed by atoms with Crippen LogP contribution in [-0.2, 0) is 4.74 Å². The molecule has 0 saturated carbocycles. The Morgan fingerprint density at radius 2 is 2.33 bits per heavy atom. The Labute approximate surface area is 122 Å². The first-order valence-electron chi connectivity index (χ1n) is 6.87. The van der Waals surface area contributed by atoms with Gasteiger partial charge in [0.2, 0.25) is 0 Å². The molecule has 1 aliphatic heterocycles. The molecular weight excluding hydrogens is 276 g/mol. The van der Waals surface area contributed by atoms with E-state index < -0.39 is 16.4 Å². The summed E-state index contributed by atoms with van der Waals surface area (Å²) in [7, 11) is 0. The molecule has 1 aliphatic rings. The molecule has 1 fully saturated rings. The monoisotopic (exact) mass is 294 g/mol. The van der Waals surface area contributed by atoms with Crippen molar-refractivity contribution in [2.45, 2.75) is 13.3 Å². The summed E-state index contributed by atoms with van der Waals surface area (Å²) in [6.45, 7) is 4.36. The van der Waals surface area contributed by atoms with Gasteiger partial charge in [0, 0.05) is 37.2 Å². The molecule has 114 valence electrons. The Bertz CT molecular complexity index is 540. The van der Waals surface area contributed by atoms with Crippen molar-refractivity contribution in [3.63, 3.8) is 0 Å². The number of rotatable bonds is 5. The second-order valence-corrected chi connectivity index (χ2v) is 5.03. The zero-order valence-corrected chi connectivity index (χ0v) is 11.8. The lowest BCUT2D eigenvalue weighted by Gasteiger charge is -2.23. The minimum absolute atomic E-state index is 0.241. The third-order valence-electron chi connectivity index (χ3n) is 3.59. The van der Waals surface area contributed by atoms with Gasteiger partial charge < -0.3 is 14.7 Å². The maximum atomic E-state index is 12.4. The lowest BCUT2D eigenvalue weighted by Crippen LogP contribution is -2.35. The Morgan fingerprint density at radius 3 is 2.86 bits per heavy atom. The van der Waals surface area contributed by atoms with Gasteiger partial charge in [-0.2, -0.15) is 0 Å². The smallest absolute Gasteiger partial charge is 0.310 e. The Kier molecular flexibility index (Phi) is 4.74. The molecular formula is C14H18N2O5. The number of hydrogen-bond acceptors (Lipinski definition) is 5. The maximum absolute atomic E-state index is 12.4. The van der Waals surface area contributed by atoms with E-state index in [1.807, 2.05) is 6.92 Å². The van der Waals surface area contributed by atoms with Gasteiger partial charge in [-0.1, -0.05) is 0 Å². The number of hydrogen-bond donors (Lipinski definition) is 1. The van der Waals surface area contributed by atoms with Gasteiger partial charge in [0.25, 0.3) is 5.91 Å². The highest BCUT2D eigenvalue weighted by Gasteiger charge is 2.23. The Balaban J connectivity index is 2.13. The highest BCUT2D eigenvalue weighted by Crippen LogP contribution is 2.27. The highest BCUT2D eigenvalue weighted by molar-refractivity contribution is 5.95. The second kappa shape index (κ2) is 6.53. The molecule has 0 radical (unpaired) electrons.